The van der Waals surface area contributed by atoms with Crippen LogP contribution in [-0.2, 0) is 17.8 Å². The minimum atomic E-state index is -0.142. The van der Waals surface area contributed by atoms with Crippen LogP contribution < -0.4 is 15.8 Å². The number of carbonyl (C=O) groups excluding carboxylic acids is 1. The van der Waals surface area contributed by atoms with Crippen LogP contribution in [0.4, 0.5) is 5.82 Å². The number of amides is 1. The molecule has 0 bridgehead atoms. The van der Waals surface area contributed by atoms with Crippen LogP contribution in [0.2, 0.25) is 0 Å². The molecule has 1 atom stereocenters. The van der Waals surface area contributed by atoms with E-state index >= 15 is 0 Å². The van der Waals surface area contributed by atoms with Crippen LogP contribution in [0.15, 0.2) is 77.7 Å². The number of rotatable bonds is 5. The normalized spacial score (nSPS) is 17.9. The lowest BCUT2D eigenvalue weighted by molar-refractivity contribution is -0.126. The highest BCUT2D eigenvalue weighted by Crippen LogP contribution is 2.30. The Hall–Kier alpha value is -4.00. The van der Waals surface area contributed by atoms with E-state index in [1.54, 1.807) is 10.8 Å². The molecule has 1 aliphatic heterocycles. The number of nitrogens with one attached hydrogen (secondary N) is 1. The minimum absolute atomic E-state index is 0.0565. The largest absolute Gasteiger partial charge is 0.352 e. The van der Waals surface area contributed by atoms with Crippen molar-refractivity contribution in [2.24, 2.45) is 5.92 Å². The van der Waals surface area contributed by atoms with E-state index in [0.717, 1.165) is 24.8 Å². The van der Waals surface area contributed by atoms with E-state index in [1.165, 1.54) is 11.1 Å². The highest BCUT2D eigenvalue weighted by Gasteiger charge is 2.30. The fourth-order valence-corrected chi connectivity index (χ4v) is 5.73. The first-order chi connectivity index (χ1) is 18.2. The van der Waals surface area contributed by atoms with Gasteiger partial charge in [0.05, 0.1) is 12.6 Å². The average molecular weight is 494 g/mol. The van der Waals surface area contributed by atoms with E-state index in [-0.39, 0.29) is 23.4 Å². The van der Waals surface area contributed by atoms with Crippen molar-refractivity contribution in [3.63, 3.8) is 0 Å². The van der Waals surface area contributed by atoms with E-state index in [0.29, 0.717) is 49.5 Å². The van der Waals surface area contributed by atoms with Gasteiger partial charge in [-0.05, 0) is 60.9 Å². The maximum atomic E-state index is 13.6. The summed E-state index contributed by atoms with van der Waals surface area (Å²) in [5, 5.41) is 3.32. The van der Waals surface area contributed by atoms with Crippen molar-refractivity contribution in [1.29, 1.82) is 0 Å². The van der Waals surface area contributed by atoms with Gasteiger partial charge >= 0.3 is 0 Å². The number of piperidine rings is 1. The summed E-state index contributed by atoms with van der Waals surface area (Å²) in [5.74, 6) is 0.508. The molecule has 2 aromatic carbocycles. The second-order valence-corrected chi connectivity index (χ2v) is 10.1. The van der Waals surface area contributed by atoms with Crippen LogP contribution in [0.3, 0.4) is 0 Å². The average Bonchev–Trinajstić information content (AvgIpc) is 2.95. The van der Waals surface area contributed by atoms with Crippen molar-refractivity contribution in [2.45, 2.75) is 44.7 Å². The van der Waals surface area contributed by atoms with Gasteiger partial charge in [0, 0.05) is 25.2 Å². The molecule has 0 unspecified atom stereocenters. The molecular formula is C30H31N5O2. The van der Waals surface area contributed by atoms with Gasteiger partial charge in [0.1, 0.15) is 5.52 Å². The Bertz CT molecular complexity index is 1470. The van der Waals surface area contributed by atoms with E-state index in [2.05, 4.69) is 34.6 Å². The number of aryl methyl sites for hydroxylation is 1. The van der Waals surface area contributed by atoms with E-state index in [1.807, 2.05) is 47.4 Å². The van der Waals surface area contributed by atoms with Gasteiger partial charge in [-0.25, -0.2) is 9.97 Å². The minimum Gasteiger partial charge on any atom is -0.352 e. The van der Waals surface area contributed by atoms with Gasteiger partial charge in [-0.15, -0.1) is 0 Å². The van der Waals surface area contributed by atoms with Gasteiger partial charge in [-0.1, -0.05) is 54.6 Å². The Kier molecular flexibility index (Phi) is 6.43. The summed E-state index contributed by atoms with van der Waals surface area (Å²) >= 11 is 0. The van der Waals surface area contributed by atoms with Gasteiger partial charge in [-0.3, -0.25) is 14.2 Å². The molecule has 188 valence electrons. The summed E-state index contributed by atoms with van der Waals surface area (Å²) in [6.45, 7) is 1.68. The topological polar surface area (TPSA) is 80.1 Å². The number of anilines is 1. The van der Waals surface area contributed by atoms with E-state index in [9.17, 15) is 9.59 Å². The molecule has 0 saturated carbocycles. The predicted octanol–water partition coefficient (Wildman–Crippen LogP) is 4.25. The molecule has 0 spiro atoms. The summed E-state index contributed by atoms with van der Waals surface area (Å²) < 4.78 is 1.71. The third kappa shape index (κ3) is 4.73. The molecule has 4 aromatic rings. The first kappa shape index (κ1) is 23.4. The fourth-order valence-electron chi connectivity index (χ4n) is 5.73. The number of hydrogen-bond donors (Lipinski definition) is 1. The summed E-state index contributed by atoms with van der Waals surface area (Å²) in [6.07, 6.45) is 6.25. The third-order valence-corrected chi connectivity index (χ3v) is 7.72. The monoisotopic (exact) mass is 493 g/mol. The first-order valence-corrected chi connectivity index (χ1v) is 13.2. The molecule has 7 heteroatoms. The standard InChI is InChI=1S/C30H31N5O2/c36-29(33-25-13-6-11-22-10-4-5-12-24(22)25)23-15-18-34(19-16-23)28-30(37)35(20-21-8-2-1-3-9-21)27-26(32-28)14-7-17-31-27/h1-5,7-10,12,14,17,23,25H,6,11,13,15-16,18-20H2,(H,33,36)/t25-/m0/s1. The summed E-state index contributed by atoms with van der Waals surface area (Å²) in [6, 6.07) is 22.2. The van der Waals surface area contributed by atoms with Crippen LogP contribution in [0.25, 0.3) is 11.2 Å². The number of aromatic nitrogens is 3. The number of benzene rings is 2. The number of pyridine rings is 1. The van der Waals surface area contributed by atoms with E-state index in [4.69, 9.17) is 4.98 Å². The molecule has 6 rings (SSSR count). The second-order valence-electron chi connectivity index (χ2n) is 10.1. The zero-order valence-corrected chi connectivity index (χ0v) is 20.8. The van der Waals surface area contributed by atoms with E-state index < -0.39 is 0 Å². The Morgan fingerprint density at radius 3 is 2.57 bits per heavy atom. The highest BCUT2D eigenvalue weighted by molar-refractivity contribution is 5.79. The van der Waals surface area contributed by atoms with Crippen LogP contribution in [-0.4, -0.2) is 33.5 Å². The molecule has 2 aliphatic rings. The smallest absolute Gasteiger partial charge is 0.295 e. The zero-order chi connectivity index (χ0) is 25.2. The van der Waals surface area contributed by atoms with Crippen molar-refractivity contribution in [1.82, 2.24) is 19.9 Å². The van der Waals surface area contributed by atoms with Gasteiger partial charge < -0.3 is 10.2 Å². The summed E-state index contributed by atoms with van der Waals surface area (Å²) in [7, 11) is 0. The molecule has 2 aromatic heterocycles. The van der Waals surface area contributed by atoms with Crippen molar-refractivity contribution in [2.75, 3.05) is 18.0 Å². The van der Waals surface area contributed by atoms with Crippen molar-refractivity contribution < 1.29 is 4.79 Å². The molecule has 1 N–H and O–H groups in total. The van der Waals surface area contributed by atoms with Crippen molar-refractivity contribution in [3.05, 3.63) is 100.0 Å². The molecule has 7 nitrogen and oxygen atoms in total. The number of hydrogen-bond acceptors (Lipinski definition) is 5. The van der Waals surface area contributed by atoms with Crippen LogP contribution in [0.5, 0.6) is 0 Å². The second kappa shape index (κ2) is 10.2. The number of fused-ring (bicyclic) bond motifs is 2. The summed E-state index contributed by atoms with van der Waals surface area (Å²) in [5.41, 5.74) is 4.78. The van der Waals surface area contributed by atoms with Gasteiger partial charge in [-0.2, -0.15) is 0 Å². The van der Waals surface area contributed by atoms with Gasteiger partial charge in [0.15, 0.2) is 11.5 Å². The van der Waals surface area contributed by atoms with Crippen LogP contribution >= 0.6 is 0 Å². The molecule has 1 saturated heterocycles. The quantitative estimate of drug-likeness (QED) is 0.450. The Balaban J connectivity index is 1.19. The lowest BCUT2D eigenvalue weighted by Gasteiger charge is -2.33. The molecule has 37 heavy (non-hydrogen) atoms. The van der Waals surface area contributed by atoms with Crippen molar-refractivity contribution >= 4 is 22.9 Å². The zero-order valence-electron chi connectivity index (χ0n) is 20.8. The summed E-state index contributed by atoms with van der Waals surface area (Å²) in [4.78, 5) is 38.0. The maximum absolute atomic E-state index is 13.6. The SMILES string of the molecule is O=C(N[C@H]1CCCc2ccccc21)C1CCN(c2nc3cccnc3n(Cc3ccccc3)c2=O)CC1. The van der Waals surface area contributed by atoms with Crippen LogP contribution in [0.1, 0.15) is 48.4 Å². The Morgan fingerprint density at radius 1 is 0.946 bits per heavy atom. The molecular weight excluding hydrogens is 462 g/mol. The molecule has 3 heterocycles. The number of nitrogens with zero attached hydrogens (tertiary/aromatic N) is 4. The highest BCUT2D eigenvalue weighted by atomic mass is 16.2. The van der Waals surface area contributed by atoms with Crippen LogP contribution in [0, 0.1) is 5.92 Å². The Morgan fingerprint density at radius 2 is 1.73 bits per heavy atom. The first-order valence-electron chi connectivity index (χ1n) is 13.2. The lowest BCUT2D eigenvalue weighted by atomic mass is 9.87. The van der Waals surface area contributed by atoms with Gasteiger partial charge in [0.2, 0.25) is 5.91 Å². The van der Waals surface area contributed by atoms with Crippen molar-refractivity contribution in [3.8, 4) is 0 Å². The predicted molar refractivity (Wildman–Crippen MR) is 145 cm³/mol. The molecule has 1 amide bonds. The number of carbonyl (C=O) groups is 1. The fraction of sp³-hybridized carbons (Fsp3) is 0.333. The molecule has 1 fully saturated rings. The molecule has 0 radical (unpaired) electrons. The molecule has 1 aliphatic carbocycles. The lowest BCUT2D eigenvalue weighted by Crippen LogP contribution is -2.44. The maximum Gasteiger partial charge on any atom is 0.295 e. The Labute approximate surface area is 216 Å². The van der Waals surface area contributed by atoms with Gasteiger partial charge in [0.25, 0.3) is 5.56 Å². The third-order valence-electron chi connectivity index (χ3n) is 7.72.